The topological polar surface area (TPSA) is 120 Å². The Bertz CT molecular complexity index is 1150. The second-order valence-corrected chi connectivity index (χ2v) is 10.5. The molecular weight excluding hydrogens is 444 g/mol. The Hall–Kier alpha value is -2.98. The number of Topliss-reactive ketones (excluding diaryl/α,β-unsaturated/α-hetero) is 1. The van der Waals surface area contributed by atoms with Crippen molar-refractivity contribution in [1.29, 1.82) is 0 Å². The maximum atomic E-state index is 13.2. The number of ketones is 1. The third-order valence-corrected chi connectivity index (χ3v) is 8.07. The van der Waals surface area contributed by atoms with Gasteiger partial charge in [0.15, 0.2) is 5.78 Å². The number of aromatic nitrogens is 1. The minimum atomic E-state index is -3.84. The van der Waals surface area contributed by atoms with Crippen LogP contribution in [0.15, 0.2) is 41.4 Å². The number of H-pyrrole nitrogens is 1. The molecule has 0 spiro atoms. The Kier molecular flexibility index (Phi) is 6.66. The highest BCUT2D eigenvalue weighted by Crippen LogP contribution is 2.26. The molecule has 2 aliphatic heterocycles. The van der Waals surface area contributed by atoms with Crippen molar-refractivity contribution in [2.45, 2.75) is 37.5 Å². The van der Waals surface area contributed by atoms with Crippen molar-refractivity contribution >= 4 is 33.3 Å². The molecule has 1 aromatic heterocycles. The number of aromatic amines is 1. The SMILES string of the molecule is CC(=O)c1ccc(NC(=O)[C@H]2CCCN(S(=O)(=O)c3c[nH]c(C(=O)N4CCCC4)c3)C2)cc1. The molecule has 3 heterocycles. The Morgan fingerprint density at radius 3 is 2.39 bits per heavy atom. The van der Waals surface area contributed by atoms with E-state index in [-0.39, 0.29) is 34.7 Å². The Morgan fingerprint density at radius 2 is 1.73 bits per heavy atom. The van der Waals surface area contributed by atoms with E-state index < -0.39 is 15.9 Å². The molecule has 4 rings (SSSR count). The zero-order valence-corrected chi connectivity index (χ0v) is 19.4. The molecule has 0 aliphatic carbocycles. The van der Waals surface area contributed by atoms with Gasteiger partial charge < -0.3 is 15.2 Å². The lowest BCUT2D eigenvalue weighted by Crippen LogP contribution is -2.43. The number of nitrogens with zero attached hydrogens (tertiary/aromatic N) is 2. The van der Waals surface area contributed by atoms with Crippen molar-refractivity contribution < 1.29 is 22.8 Å². The van der Waals surface area contributed by atoms with E-state index >= 15 is 0 Å². The number of anilines is 1. The average Bonchev–Trinajstić information content (AvgIpc) is 3.52. The van der Waals surface area contributed by atoms with Crippen LogP contribution in [0.3, 0.4) is 0 Å². The maximum Gasteiger partial charge on any atom is 0.270 e. The lowest BCUT2D eigenvalue weighted by atomic mass is 9.98. The molecule has 2 fully saturated rings. The van der Waals surface area contributed by atoms with Crippen LogP contribution in [0.2, 0.25) is 0 Å². The zero-order chi connectivity index (χ0) is 23.6. The van der Waals surface area contributed by atoms with Crippen LogP contribution >= 0.6 is 0 Å². The first-order valence-electron chi connectivity index (χ1n) is 11.2. The van der Waals surface area contributed by atoms with Crippen LogP contribution in [0.5, 0.6) is 0 Å². The highest BCUT2D eigenvalue weighted by molar-refractivity contribution is 7.89. The monoisotopic (exact) mass is 472 g/mol. The molecule has 0 radical (unpaired) electrons. The standard InChI is InChI=1S/C23H28N4O5S/c1-16(28)17-6-8-19(9-7-17)25-22(29)18-5-4-12-27(15-18)33(31,32)20-13-21(24-14-20)23(30)26-10-2-3-11-26/h6-9,13-14,18,24H,2-5,10-12,15H2,1H3,(H,25,29)/t18-/m0/s1. The van der Waals surface area contributed by atoms with Gasteiger partial charge in [-0.15, -0.1) is 0 Å². The van der Waals surface area contributed by atoms with Crippen LogP contribution in [-0.2, 0) is 14.8 Å². The van der Waals surface area contributed by atoms with Gasteiger partial charge in [-0.3, -0.25) is 14.4 Å². The number of rotatable bonds is 6. The fraction of sp³-hybridized carbons (Fsp3) is 0.435. The summed E-state index contributed by atoms with van der Waals surface area (Å²) in [5, 5.41) is 2.81. The zero-order valence-electron chi connectivity index (χ0n) is 18.5. The number of nitrogens with one attached hydrogen (secondary N) is 2. The van der Waals surface area contributed by atoms with E-state index in [0.717, 1.165) is 12.8 Å². The smallest absolute Gasteiger partial charge is 0.270 e. The summed E-state index contributed by atoms with van der Waals surface area (Å²) < 4.78 is 27.7. The van der Waals surface area contributed by atoms with Crippen molar-refractivity contribution in [2.75, 3.05) is 31.5 Å². The van der Waals surface area contributed by atoms with E-state index in [1.165, 1.54) is 23.5 Å². The second kappa shape index (κ2) is 9.48. The Morgan fingerprint density at radius 1 is 1.03 bits per heavy atom. The number of amides is 2. The van der Waals surface area contributed by atoms with Crippen molar-refractivity contribution in [3.05, 3.63) is 47.8 Å². The third-order valence-electron chi connectivity index (χ3n) is 6.23. The van der Waals surface area contributed by atoms with Crippen LogP contribution in [-0.4, -0.2) is 66.4 Å². The Labute approximate surface area is 193 Å². The molecule has 1 atom stereocenters. The maximum absolute atomic E-state index is 13.2. The number of sulfonamides is 1. The molecule has 2 amide bonds. The van der Waals surface area contributed by atoms with Gasteiger partial charge in [-0.25, -0.2) is 8.42 Å². The summed E-state index contributed by atoms with van der Waals surface area (Å²) in [5.41, 5.74) is 1.37. The molecule has 10 heteroatoms. The summed E-state index contributed by atoms with van der Waals surface area (Å²) >= 11 is 0. The highest BCUT2D eigenvalue weighted by atomic mass is 32.2. The van der Waals surface area contributed by atoms with Crippen LogP contribution in [0.25, 0.3) is 0 Å². The molecule has 1 aromatic carbocycles. The number of carbonyl (C=O) groups excluding carboxylic acids is 3. The molecule has 0 bridgehead atoms. The van der Waals surface area contributed by atoms with Crippen molar-refractivity contribution in [3.8, 4) is 0 Å². The van der Waals surface area contributed by atoms with Crippen LogP contribution < -0.4 is 5.32 Å². The van der Waals surface area contributed by atoms with Gasteiger partial charge in [-0.05, 0) is 62.9 Å². The number of hydrogen-bond acceptors (Lipinski definition) is 5. The van der Waals surface area contributed by atoms with Gasteiger partial charge in [0.2, 0.25) is 15.9 Å². The van der Waals surface area contributed by atoms with E-state index in [1.807, 2.05) is 0 Å². The number of piperidine rings is 1. The number of likely N-dealkylation sites (tertiary alicyclic amines) is 1. The average molecular weight is 473 g/mol. The van der Waals surface area contributed by atoms with E-state index in [0.29, 0.717) is 43.7 Å². The molecule has 2 N–H and O–H groups in total. The molecular formula is C23H28N4O5S. The summed E-state index contributed by atoms with van der Waals surface area (Å²) in [4.78, 5) is 41.3. The van der Waals surface area contributed by atoms with Gasteiger partial charge in [-0.2, -0.15) is 4.31 Å². The number of hydrogen-bond donors (Lipinski definition) is 2. The van der Waals surface area contributed by atoms with Gasteiger partial charge in [0.05, 0.1) is 5.92 Å². The Balaban J connectivity index is 1.42. The third kappa shape index (κ3) is 5.01. The fourth-order valence-electron chi connectivity index (χ4n) is 4.29. The molecule has 9 nitrogen and oxygen atoms in total. The highest BCUT2D eigenvalue weighted by Gasteiger charge is 2.34. The van der Waals surface area contributed by atoms with Crippen molar-refractivity contribution in [3.63, 3.8) is 0 Å². The molecule has 0 unspecified atom stereocenters. The van der Waals surface area contributed by atoms with E-state index in [9.17, 15) is 22.8 Å². The molecule has 2 aromatic rings. The van der Waals surface area contributed by atoms with Crippen molar-refractivity contribution in [2.24, 2.45) is 5.92 Å². The van der Waals surface area contributed by atoms with Gasteiger partial charge >= 0.3 is 0 Å². The first-order valence-corrected chi connectivity index (χ1v) is 12.6. The lowest BCUT2D eigenvalue weighted by Gasteiger charge is -2.31. The van der Waals surface area contributed by atoms with Crippen LogP contribution in [0.1, 0.15) is 53.5 Å². The minimum Gasteiger partial charge on any atom is -0.356 e. The molecule has 2 aliphatic rings. The molecule has 2 saturated heterocycles. The summed E-state index contributed by atoms with van der Waals surface area (Å²) in [6.07, 6.45) is 4.39. The first kappa shape index (κ1) is 23.2. The summed E-state index contributed by atoms with van der Waals surface area (Å²) in [6, 6.07) is 7.98. The summed E-state index contributed by atoms with van der Waals surface area (Å²) in [7, 11) is -3.84. The van der Waals surface area contributed by atoms with E-state index in [1.54, 1.807) is 29.2 Å². The number of benzene rings is 1. The van der Waals surface area contributed by atoms with Gasteiger partial charge in [-0.1, -0.05) is 0 Å². The molecule has 33 heavy (non-hydrogen) atoms. The molecule has 0 saturated carbocycles. The quantitative estimate of drug-likeness (QED) is 0.626. The predicted octanol–water partition coefficient (Wildman–Crippen LogP) is 2.49. The fourth-order valence-corrected chi connectivity index (χ4v) is 5.81. The normalized spacial score (nSPS) is 19.4. The second-order valence-electron chi connectivity index (χ2n) is 8.57. The predicted molar refractivity (Wildman–Crippen MR) is 122 cm³/mol. The van der Waals surface area contributed by atoms with Gasteiger partial charge in [0.1, 0.15) is 10.6 Å². The van der Waals surface area contributed by atoms with Gasteiger partial charge in [0.25, 0.3) is 5.91 Å². The largest absolute Gasteiger partial charge is 0.356 e. The summed E-state index contributed by atoms with van der Waals surface area (Å²) in [6.45, 7) is 3.22. The summed E-state index contributed by atoms with van der Waals surface area (Å²) in [5.74, 6) is -1.01. The van der Waals surface area contributed by atoms with E-state index in [4.69, 9.17) is 0 Å². The number of carbonyl (C=O) groups is 3. The van der Waals surface area contributed by atoms with Crippen molar-refractivity contribution in [1.82, 2.24) is 14.2 Å². The van der Waals surface area contributed by atoms with Crippen LogP contribution in [0, 0.1) is 5.92 Å². The minimum absolute atomic E-state index is 0.0333. The van der Waals surface area contributed by atoms with E-state index in [2.05, 4.69) is 10.3 Å². The molecule has 176 valence electrons. The van der Waals surface area contributed by atoms with Crippen LogP contribution in [0.4, 0.5) is 5.69 Å². The van der Waals surface area contributed by atoms with Gasteiger partial charge in [0, 0.05) is 43.6 Å². The first-order chi connectivity index (χ1) is 15.8. The lowest BCUT2D eigenvalue weighted by molar-refractivity contribution is -0.120.